The molecule has 59 heavy (non-hydrogen) atoms. The molecule has 300 valence electrons. The highest BCUT2D eigenvalue weighted by Gasteiger charge is 2.23. The Bertz CT molecular complexity index is 2350. The van der Waals surface area contributed by atoms with E-state index in [-0.39, 0.29) is 6.04 Å². The van der Waals surface area contributed by atoms with Crippen LogP contribution in [0.1, 0.15) is 67.3 Å². The van der Waals surface area contributed by atoms with Crippen LogP contribution in [0, 0.1) is 26.7 Å². The van der Waals surface area contributed by atoms with E-state index in [1.165, 1.54) is 28.7 Å². The van der Waals surface area contributed by atoms with Gasteiger partial charge in [0.15, 0.2) is 6.29 Å². The molecule has 0 aromatic heterocycles. The van der Waals surface area contributed by atoms with Crippen LogP contribution >= 0.6 is 0 Å². The summed E-state index contributed by atoms with van der Waals surface area (Å²) in [7, 11) is 1.91. The number of rotatable bonds is 14. The van der Waals surface area contributed by atoms with Gasteiger partial charge in [-0.1, -0.05) is 113 Å². The van der Waals surface area contributed by atoms with E-state index in [9.17, 15) is 4.79 Å². The molecule has 0 aliphatic heterocycles. The zero-order valence-electron chi connectivity index (χ0n) is 35.5. The zero-order chi connectivity index (χ0) is 41.3. The summed E-state index contributed by atoms with van der Waals surface area (Å²) in [4.78, 5) is 18.2. The normalized spacial score (nSPS) is 17.0. The SMILES string of the molecule is CN/C(=C(C=O)\C(C)=C(/NCC1C=CCCC1)c1cccc(N(c2ccc(C)cc2)c2ccc(C)cc2)c1)c1cccc(N(c2ccc(C)cc2)C2C=CC(C)=CC2)c1. The molecule has 5 aromatic carbocycles. The predicted molar refractivity (Wildman–Crippen MR) is 251 cm³/mol. The number of benzene rings is 5. The number of nitrogens with zero attached hydrogens (tertiary/aromatic N) is 2. The highest BCUT2D eigenvalue weighted by molar-refractivity contribution is 5.96. The van der Waals surface area contributed by atoms with Crippen LogP contribution in [0.15, 0.2) is 168 Å². The van der Waals surface area contributed by atoms with Gasteiger partial charge in [-0.15, -0.1) is 0 Å². The van der Waals surface area contributed by atoms with Gasteiger partial charge in [0.2, 0.25) is 0 Å². The van der Waals surface area contributed by atoms with E-state index in [1.54, 1.807) is 0 Å². The van der Waals surface area contributed by atoms with E-state index >= 15 is 0 Å². The summed E-state index contributed by atoms with van der Waals surface area (Å²) < 4.78 is 0. The Morgan fingerprint density at radius 1 is 0.695 bits per heavy atom. The van der Waals surface area contributed by atoms with Crippen LogP contribution in [0.5, 0.6) is 0 Å². The first-order valence-electron chi connectivity index (χ1n) is 21.1. The van der Waals surface area contributed by atoms with Gasteiger partial charge in [-0.25, -0.2) is 0 Å². The second kappa shape index (κ2) is 18.9. The monoisotopic (exact) mass is 778 g/mol. The molecule has 2 aliphatic carbocycles. The highest BCUT2D eigenvalue weighted by atomic mass is 16.1. The van der Waals surface area contributed by atoms with Crippen molar-refractivity contribution >= 4 is 46.1 Å². The van der Waals surface area contributed by atoms with Gasteiger partial charge in [0, 0.05) is 58.9 Å². The van der Waals surface area contributed by atoms with E-state index in [0.717, 1.165) is 88.6 Å². The topological polar surface area (TPSA) is 47.6 Å². The number of carbonyl (C=O) groups is 1. The fourth-order valence-electron chi connectivity index (χ4n) is 8.23. The molecule has 5 heteroatoms. The molecule has 0 spiro atoms. The van der Waals surface area contributed by atoms with Crippen LogP contribution in [-0.2, 0) is 4.79 Å². The first-order valence-corrected chi connectivity index (χ1v) is 21.1. The molecule has 0 saturated carbocycles. The maximum atomic E-state index is 13.5. The van der Waals surface area contributed by atoms with Crippen molar-refractivity contribution in [1.82, 2.24) is 10.6 Å². The Labute approximate surface area is 352 Å². The summed E-state index contributed by atoms with van der Waals surface area (Å²) >= 11 is 0. The third-order valence-electron chi connectivity index (χ3n) is 11.6. The summed E-state index contributed by atoms with van der Waals surface area (Å²) in [5.41, 5.74) is 15.5. The first kappa shape index (κ1) is 40.9. The lowest BCUT2D eigenvalue weighted by molar-refractivity contribution is -0.104. The predicted octanol–water partition coefficient (Wildman–Crippen LogP) is 13.0. The number of aldehydes is 1. The van der Waals surface area contributed by atoms with Crippen molar-refractivity contribution in [1.29, 1.82) is 0 Å². The summed E-state index contributed by atoms with van der Waals surface area (Å²) in [6.45, 7) is 11.4. The minimum atomic E-state index is 0.155. The van der Waals surface area contributed by atoms with Gasteiger partial charge < -0.3 is 20.4 Å². The summed E-state index contributed by atoms with van der Waals surface area (Å²) in [5, 5.41) is 7.35. The third kappa shape index (κ3) is 9.69. The number of allylic oxidation sites excluding steroid dienone is 5. The molecule has 0 fully saturated rings. The molecule has 2 N–H and O–H groups in total. The molecule has 2 aliphatic rings. The van der Waals surface area contributed by atoms with E-state index in [0.29, 0.717) is 11.5 Å². The van der Waals surface area contributed by atoms with Crippen molar-refractivity contribution in [3.63, 3.8) is 0 Å². The Hall–Kier alpha value is -6.33. The smallest absolute Gasteiger partial charge is 0.152 e. The second-order valence-electron chi connectivity index (χ2n) is 16.1. The quantitative estimate of drug-likeness (QED) is 0.0509. The Balaban J connectivity index is 1.35. The molecule has 0 radical (unpaired) electrons. The largest absolute Gasteiger partial charge is 0.387 e. The van der Waals surface area contributed by atoms with Gasteiger partial charge in [0.1, 0.15) is 0 Å². The first-order chi connectivity index (χ1) is 28.7. The number of hydrogen-bond acceptors (Lipinski definition) is 5. The zero-order valence-corrected chi connectivity index (χ0v) is 35.5. The standard InChI is InChI=1S/C54H58N4O/c1-38-18-26-46(27-19-38)57(47-28-20-39(2)21-29-47)50-16-10-14-44(34-50)53(56-36-43-12-8-7-9-13-43)42(5)52(37-59)54(55-6)45-15-11-17-51(35-45)58(48-30-22-40(3)23-31-48)49-32-24-41(4)25-33-49/h8,10-12,14-32,34-35,37,43,49,55-56H,7,9,13,33,36H2,1-6H3/b53-42-,54-52-. The average molecular weight is 779 g/mol. The summed E-state index contributed by atoms with van der Waals surface area (Å²) in [5.74, 6) is 0.413. The van der Waals surface area contributed by atoms with E-state index < -0.39 is 0 Å². The Kier molecular flexibility index (Phi) is 13.1. The van der Waals surface area contributed by atoms with Crippen molar-refractivity contribution in [3.8, 4) is 0 Å². The fraction of sp³-hybridized carbons (Fsp3) is 0.241. The van der Waals surface area contributed by atoms with Crippen molar-refractivity contribution in [2.75, 3.05) is 23.4 Å². The summed E-state index contributed by atoms with van der Waals surface area (Å²) in [6, 6.07) is 43.5. The van der Waals surface area contributed by atoms with Crippen molar-refractivity contribution in [2.24, 2.45) is 5.92 Å². The van der Waals surface area contributed by atoms with Crippen LogP contribution in [0.4, 0.5) is 28.4 Å². The maximum Gasteiger partial charge on any atom is 0.152 e. The molecule has 5 aromatic rings. The minimum absolute atomic E-state index is 0.155. The molecule has 7 rings (SSSR count). The van der Waals surface area contributed by atoms with E-state index in [2.05, 4.69) is 207 Å². The number of carbonyl (C=O) groups excluding carboxylic acids is 1. The minimum Gasteiger partial charge on any atom is -0.387 e. The molecular formula is C54H58N4O. The van der Waals surface area contributed by atoms with Gasteiger partial charge in [0.05, 0.1) is 11.7 Å². The fourth-order valence-corrected chi connectivity index (χ4v) is 8.23. The van der Waals surface area contributed by atoms with Crippen LogP contribution in [0.25, 0.3) is 11.4 Å². The van der Waals surface area contributed by atoms with Crippen molar-refractivity contribution < 1.29 is 4.79 Å². The second-order valence-corrected chi connectivity index (χ2v) is 16.1. The molecule has 0 bridgehead atoms. The number of aryl methyl sites for hydroxylation is 3. The van der Waals surface area contributed by atoms with Gasteiger partial charge >= 0.3 is 0 Å². The van der Waals surface area contributed by atoms with Gasteiger partial charge in [0.25, 0.3) is 0 Å². The van der Waals surface area contributed by atoms with Gasteiger partial charge in [-0.3, -0.25) is 4.79 Å². The lowest BCUT2D eigenvalue weighted by atomic mass is 9.94. The highest BCUT2D eigenvalue weighted by Crippen LogP contribution is 2.38. The van der Waals surface area contributed by atoms with E-state index in [1.807, 2.05) is 7.05 Å². The molecule has 0 amide bonds. The molecule has 5 nitrogen and oxygen atoms in total. The Morgan fingerprint density at radius 3 is 1.81 bits per heavy atom. The van der Waals surface area contributed by atoms with Crippen molar-refractivity contribution in [3.05, 3.63) is 196 Å². The molecular weight excluding hydrogens is 721 g/mol. The molecule has 2 unspecified atom stereocenters. The van der Waals surface area contributed by atoms with Crippen LogP contribution in [0.2, 0.25) is 0 Å². The molecule has 2 atom stereocenters. The molecule has 0 heterocycles. The Morgan fingerprint density at radius 2 is 1.27 bits per heavy atom. The van der Waals surface area contributed by atoms with Crippen LogP contribution < -0.4 is 20.4 Å². The molecule has 0 saturated heterocycles. The van der Waals surface area contributed by atoms with Crippen molar-refractivity contribution in [2.45, 2.75) is 66.3 Å². The van der Waals surface area contributed by atoms with Crippen LogP contribution in [0.3, 0.4) is 0 Å². The number of anilines is 5. The number of hydrogen-bond donors (Lipinski definition) is 2. The number of nitrogens with one attached hydrogen (secondary N) is 2. The third-order valence-corrected chi connectivity index (χ3v) is 11.6. The lowest BCUT2D eigenvalue weighted by Crippen LogP contribution is -2.30. The maximum absolute atomic E-state index is 13.5. The van der Waals surface area contributed by atoms with Crippen LogP contribution in [-0.4, -0.2) is 25.9 Å². The summed E-state index contributed by atoms with van der Waals surface area (Å²) in [6.07, 6.45) is 16.8. The van der Waals surface area contributed by atoms with E-state index in [4.69, 9.17) is 0 Å². The van der Waals surface area contributed by atoms with Gasteiger partial charge in [-0.05, 0) is 138 Å². The van der Waals surface area contributed by atoms with Gasteiger partial charge in [-0.2, -0.15) is 0 Å². The lowest BCUT2D eigenvalue weighted by Gasteiger charge is -2.33. The average Bonchev–Trinajstić information content (AvgIpc) is 3.26.